The summed E-state index contributed by atoms with van der Waals surface area (Å²) in [5, 5.41) is 0. The molecule has 2 aromatic heterocycles. The first kappa shape index (κ1) is 15.6. The number of benzene rings is 1. The van der Waals surface area contributed by atoms with E-state index in [2.05, 4.69) is 16.5 Å². The molecule has 3 aromatic rings. The molecule has 2 aliphatic rings. The zero-order chi connectivity index (χ0) is 17.5. The van der Waals surface area contributed by atoms with Gasteiger partial charge in [-0.15, -0.1) is 0 Å². The van der Waals surface area contributed by atoms with Gasteiger partial charge in [0.1, 0.15) is 11.9 Å². The SMILES string of the molecule is O=C(c1nc(C2CC2)n2ccccc12)N1CCOC(c2ccccc2)C1. The highest BCUT2D eigenvalue weighted by Crippen LogP contribution is 2.40. The van der Waals surface area contributed by atoms with Gasteiger partial charge >= 0.3 is 0 Å². The third kappa shape index (κ3) is 2.69. The molecule has 1 aliphatic heterocycles. The van der Waals surface area contributed by atoms with Crippen LogP contribution in [0, 0.1) is 0 Å². The summed E-state index contributed by atoms with van der Waals surface area (Å²) in [6.45, 7) is 1.72. The van der Waals surface area contributed by atoms with Crippen LogP contribution in [0.15, 0.2) is 54.7 Å². The van der Waals surface area contributed by atoms with Gasteiger partial charge in [-0.25, -0.2) is 4.98 Å². The van der Waals surface area contributed by atoms with Crippen molar-refractivity contribution in [3.8, 4) is 0 Å². The van der Waals surface area contributed by atoms with Gasteiger partial charge in [0, 0.05) is 18.7 Å². The Hall–Kier alpha value is -2.66. The maximum Gasteiger partial charge on any atom is 0.274 e. The summed E-state index contributed by atoms with van der Waals surface area (Å²) in [7, 11) is 0. The Morgan fingerprint density at radius 3 is 2.69 bits per heavy atom. The lowest BCUT2D eigenvalue weighted by atomic mass is 10.1. The van der Waals surface area contributed by atoms with Crippen molar-refractivity contribution >= 4 is 11.4 Å². The number of aromatic nitrogens is 2. The molecule has 1 atom stereocenters. The monoisotopic (exact) mass is 347 g/mol. The van der Waals surface area contributed by atoms with Crippen LogP contribution in [0.5, 0.6) is 0 Å². The average molecular weight is 347 g/mol. The first-order valence-electron chi connectivity index (χ1n) is 9.24. The number of morpholine rings is 1. The lowest BCUT2D eigenvalue weighted by Crippen LogP contribution is -2.42. The Morgan fingerprint density at radius 1 is 1.08 bits per heavy atom. The van der Waals surface area contributed by atoms with Gasteiger partial charge in [-0.1, -0.05) is 36.4 Å². The molecular formula is C21H21N3O2. The van der Waals surface area contributed by atoms with E-state index in [0.717, 1.165) is 29.7 Å². The number of nitrogens with zero attached hydrogens (tertiary/aromatic N) is 3. The topological polar surface area (TPSA) is 46.8 Å². The highest BCUT2D eigenvalue weighted by molar-refractivity contribution is 5.99. The predicted octanol–water partition coefficient (Wildman–Crippen LogP) is 3.43. The van der Waals surface area contributed by atoms with Crippen molar-refractivity contribution in [2.45, 2.75) is 24.9 Å². The van der Waals surface area contributed by atoms with E-state index in [9.17, 15) is 4.79 Å². The molecule has 1 aromatic carbocycles. The van der Waals surface area contributed by atoms with Crippen molar-refractivity contribution in [1.29, 1.82) is 0 Å². The van der Waals surface area contributed by atoms with Gasteiger partial charge in [0.15, 0.2) is 5.69 Å². The molecule has 5 rings (SSSR count). The number of ether oxygens (including phenoxy) is 1. The summed E-state index contributed by atoms with van der Waals surface area (Å²) in [6.07, 6.45) is 4.26. The van der Waals surface area contributed by atoms with E-state index >= 15 is 0 Å². The number of pyridine rings is 1. The van der Waals surface area contributed by atoms with Crippen LogP contribution in [0.1, 0.15) is 46.7 Å². The van der Waals surface area contributed by atoms with Crippen LogP contribution >= 0.6 is 0 Å². The smallest absolute Gasteiger partial charge is 0.274 e. The second-order valence-corrected chi connectivity index (χ2v) is 7.07. The number of carbonyl (C=O) groups excluding carboxylic acids is 1. The molecule has 1 amide bonds. The Kier molecular flexibility index (Phi) is 3.75. The molecule has 5 nitrogen and oxygen atoms in total. The summed E-state index contributed by atoms with van der Waals surface area (Å²) >= 11 is 0. The summed E-state index contributed by atoms with van der Waals surface area (Å²) in [4.78, 5) is 19.9. The van der Waals surface area contributed by atoms with Crippen molar-refractivity contribution in [1.82, 2.24) is 14.3 Å². The fourth-order valence-electron chi connectivity index (χ4n) is 3.70. The second-order valence-electron chi connectivity index (χ2n) is 7.07. The van der Waals surface area contributed by atoms with Gasteiger partial charge < -0.3 is 14.0 Å². The molecule has 26 heavy (non-hydrogen) atoms. The van der Waals surface area contributed by atoms with Crippen molar-refractivity contribution < 1.29 is 9.53 Å². The fraction of sp³-hybridized carbons (Fsp3) is 0.333. The van der Waals surface area contributed by atoms with Crippen LogP contribution in [0.25, 0.3) is 5.52 Å². The summed E-state index contributed by atoms with van der Waals surface area (Å²) in [5.41, 5.74) is 2.58. The zero-order valence-corrected chi connectivity index (χ0v) is 14.5. The van der Waals surface area contributed by atoms with E-state index in [4.69, 9.17) is 9.72 Å². The van der Waals surface area contributed by atoms with Gasteiger partial charge in [-0.2, -0.15) is 0 Å². The molecule has 0 N–H and O–H groups in total. The van der Waals surface area contributed by atoms with Gasteiger partial charge in [0.2, 0.25) is 0 Å². The molecule has 0 radical (unpaired) electrons. The van der Waals surface area contributed by atoms with Gasteiger partial charge in [-0.05, 0) is 30.5 Å². The van der Waals surface area contributed by atoms with Crippen molar-refractivity contribution in [3.05, 3.63) is 71.8 Å². The molecule has 3 heterocycles. The number of carbonyl (C=O) groups is 1. The third-order valence-corrected chi connectivity index (χ3v) is 5.25. The molecule has 1 unspecified atom stereocenters. The van der Waals surface area contributed by atoms with Crippen LogP contribution in [-0.2, 0) is 4.74 Å². The minimum absolute atomic E-state index is 0.00447. The largest absolute Gasteiger partial charge is 0.370 e. The summed E-state index contributed by atoms with van der Waals surface area (Å²) in [6, 6.07) is 16.1. The highest BCUT2D eigenvalue weighted by Gasteiger charge is 2.33. The minimum Gasteiger partial charge on any atom is -0.370 e. The Bertz CT molecular complexity index is 946. The van der Waals surface area contributed by atoms with Crippen LogP contribution < -0.4 is 0 Å². The third-order valence-electron chi connectivity index (χ3n) is 5.25. The number of rotatable bonds is 3. The quantitative estimate of drug-likeness (QED) is 0.729. The van der Waals surface area contributed by atoms with E-state index in [1.807, 2.05) is 47.5 Å². The molecule has 0 bridgehead atoms. The predicted molar refractivity (Wildman–Crippen MR) is 98.2 cm³/mol. The van der Waals surface area contributed by atoms with Crippen LogP contribution in [0.2, 0.25) is 0 Å². The molecule has 1 saturated carbocycles. The van der Waals surface area contributed by atoms with Crippen LogP contribution in [-0.4, -0.2) is 39.9 Å². The van der Waals surface area contributed by atoms with Crippen LogP contribution in [0.4, 0.5) is 0 Å². The van der Waals surface area contributed by atoms with Crippen molar-refractivity contribution in [2.24, 2.45) is 0 Å². The fourth-order valence-corrected chi connectivity index (χ4v) is 3.70. The lowest BCUT2D eigenvalue weighted by molar-refractivity contribution is -0.0229. The standard InChI is InChI=1S/C21H21N3O2/c25-21(23-12-13-26-18(14-23)15-6-2-1-3-7-15)19-17-8-4-5-11-24(17)20(22-19)16-9-10-16/h1-8,11,16,18H,9-10,12-14H2. The van der Waals surface area contributed by atoms with E-state index < -0.39 is 0 Å². The first-order chi connectivity index (χ1) is 12.8. The van der Waals surface area contributed by atoms with Crippen molar-refractivity contribution in [3.63, 3.8) is 0 Å². The number of imidazole rings is 1. The Balaban J connectivity index is 1.45. The molecule has 1 saturated heterocycles. The van der Waals surface area contributed by atoms with Gasteiger partial charge in [-0.3, -0.25) is 4.79 Å². The lowest BCUT2D eigenvalue weighted by Gasteiger charge is -2.32. The number of amides is 1. The Labute approximate surface area is 152 Å². The van der Waals surface area contributed by atoms with E-state index in [1.165, 1.54) is 0 Å². The average Bonchev–Trinajstić information content (AvgIpc) is 3.48. The molecule has 2 fully saturated rings. The molecule has 132 valence electrons. The summed E-state index contributed by atoms with van der Waals surface area (Å²) < 4.78 is 7.99. The van der Waals surface area contributed by atoms with Crippen molar-refractivity contribution in [2.75, 3.05) is 19.7 Å². The Morgan fingerprint density at radius 2 is 1.88 bits per heavy atom. The molecule has 5 heteroatoms. The van der Waals surface area contributed by atoms with E-state index in [1.54, 1.807) is 0 Å². The van der Waals surface area contributed by atoms with E-state index in [0.29, 0.717) is 31.3 Å². The normalized spacial score (nSPS) is 20.5. The molecular weight excluding hydrogens is 326 g/mol. The maximum absolute atomic E-state index is 13.2. The molecule has 0 spiro atoms. The zero-order valence-electron chi connectivity index (χ0n) is 14.5. The maximum atomic E-state index is 13.2. The number of hydrogen-bond acceptors (Lipinski definition) is 3. The second kappa shape index (κ2) is 6.25. The van der Waals surface area contributed by atoms with Gasteiger partial charge in [0.25, 0.3) is 5.91 Å². The number of fused-ring (bicyclic) bond motifs is 1. The minimum atomic E-state index is -0.0781. The molecule has 1 aliphatic carbocycles. The number of hydrogen-bond donors (Lipinski definition) is 0. The van der Waals surface area contributed by atoms with Gasteiger partial charge in [0.05, 0.1) is 18.7 Å². The van der Waals surface area contributed by atoms with E-state index in [-0.39, 0.29) is 12.0 Å². The summed E-state index contributed by atoms with van der Waals surface area (Å²) in [5.74, 6) is 1.52. The first-order valence-corrected chi connectivity index (χ1v) is 9.24. The highest BCUT2D eigenvalue weighted by atomic mass is 16.5. The van der Waals surface area contributed by atoms with Crippen LogP contribution in [0.3, 0.4) is 0 Å².